The molecule has 2 N–H and O–H groups in total. The van der Waals surface area contributed by atoms with E-state index in [-0.39, 0.29) is 5.91 Å². The minimum absolute atomic E-state index is 0.120. The summed E-state index contributed by atoms with van der Waals surface area (Å²) in [7, 11) is 0. The summed E-state index contributed by atoms with van der Waals surface area (Å²) >= 11 is 0. The van der Waals surface area contributed by atoms with Gasteiger partial charge < -0.3 is 10.6 Å². The summed E-state index contributed by atoms with van der Waals surface area (Å²) < 4.78 is 0. The largest absolute Gasteiger partial charge is 0.338 e. The molecule has 1 aliphatic rings. The van der Waals surface area contributed by atoms with Crippen molar-refractivity contribution in [2.45, 2.75) is 13.8 Å². The van der Waals surface area contributed by atoms with Crippen LogP contribution in [0, 0.1) is 23.7 Å². The van der Waals surface area contributed by atoms with Crippen LogP contribution in [0.3, 0.4) is 0 Å². The Morgan fingerprint density at radius 1 is 1.26 bits per heavy atom. The van der Waals surface area contributed by atoms with Gasteiger partial charge in [-0.05, 0) is 36.1 Å². The zero-order valence-corrected chi connectivity index (χ0v) is 11.5. The summed E-state index contributed by atoms with van der Waals surface area (Å²) in [5, 5.41) is 0. The highest BCUT2D eigenvalue weighted by Crippen LogP contribution is 2.23. The minimum atomic E-state index is 0.120. The molecule has 1 aliphatic heterocycles. The molecule has 0 aliphatic carbocycles. The molecule has 0 radical (unpaired) electrons. The number of hydrogen-bond donors (Lipinski definition) is 1. The van der Waals surface area contributed by atoms with Gasteiger partial charge in [-0.25, -0.2) is 0 Å². The van der Waals surface area contributed by atoms with Gasteiger partial charge in [-0.3, -0.25) is 4.79 Å². The lowest BCUT2D eigenvalue weighted by molar-refractivity contribution is 0.0785. The average molecular weight is 256 g/mol. The van der Waals surface area contributed by atoms with Gasteiger partial charge in [0.1, 0.15) is 0 Å². The first-order valence-corrected chi connectivity index (χ1v) is 6.70. The Balaban J connectivity index is 2.08. The molecule has 3 nitrogen and oxygen atoms in total. The second-order valence-electron chi connectivity index (χ2n) is 5.25. The van der Waals surface area contributed by atoms with Crippen molar-refractivity contribution in [2.75, 3.05) is 19.6 Å². The topological polar surface area (TPSA) is 46.3 Å². The summed E-state index contributed by atoms with van der Waals surface area (Å²) in [6.45, 7) is 6.46. The fourth-order valence-electron chi connectivity index (χ4n) is 2.33. The Bertz CT molecular complexity index is 500. The van der Waals surface area contributed by atoms with Crippen molar-refractivity contribution in [2.24, 2.45) is 17.6 Å². The smallest absolute Gasteiger partial charge is 0.253 e. The summed E-state index contributed by atoms with van der Waals surface area (Å²) in [6, 6.07) is 7.44. The molecule has 0 bridgehead atoms. The van der Waals surface area contributed by atoms with Gasteiger partial charge in [0.05, 0.1) is 6.54 Å². The minimum Gasteiger partial charge on any atom is -0.338 e. The van der Waals surface area contributed by atoms with Gasteiger partial charge in [0.15, 0.2) is 0 Å². The molecule has 1 saturated heterocycles. The molecule has 19 heavy (non-hydrogen) atoms. The molecule has 1 heterocycles. The SMILES string of the molecule is CC1CN(C(=O)c2ccc(C#CCN)cc2)CC1C. The third kappa shape index (κ3) is 3.15. The number of nitrogens with zero attached hydrogens (tertiary/aromatic N) is 1. The molecule has 1 amide bonds. The summed E-state index contributed by atoms with van der Waals surface area (Å²) in [6.07, 6.45) is 0. The van der Waals surface area contributed by atoms with Gasteiger partial charge in [-0.2, -0.15) is 0 Å². The molecule has 1 aromatic carbocycles. The van der Waals surface area contributed by atoms with Crippen LogP contribution in [0.5, 0.6) is 0 Å². The van der Waals surface area contributed by atoms with Crippen LogP contribution >= 0.6 is 0 Å². The van der Waals surface area contributed by atoms with E-state index >= 15 is 0 Å². The molecule has 1 fully saturated rings. The number of benzene rings is 1. The van der Waals surface area contributed by atoms with Crippen molar-refractivity contribution in [1.29, 1.82) is 0 Å². The fraction of sp³-hybridized carbons (Fsp3) is 0.438. The molecular formula is C16H20N2O. The third-order valence-corrected chi connectivity index (χ3v) is 3.74. The number of hydrogen-bond acceptors (Lipinski definition) is 2. The van der Waals surface area contributed by atoms with E-state index in [0.717, 1.165) is 24.2 Å². The highest BCUT2D eigenvalue weighted by molar-refractivity contribution is 5.94. The Morgan fingerprint density at radius 3 is 2.37 bits per heavy atom. The average Bonchev–Trinajstić information content (AvgIpc) is 2.76. The van der Waals surface area contributed by atoms with Crippen LogP contribution in [0.15, 0.2) is 24.3 Å². The molecule has 2 rings (SSSR count). The summed E-state index contributed by atoms with van der Waals surface area (Å²) in [4.78, 5) is 14.3. The molecule has 3 heteroatoms. The summed E-state index contributed by atoms with van der Waals surface area (Å²) in [5.74, 6) is 7.04. The van der Waals surface area contributed by atoms with Gasteiger partial charge in [0, 0.05) is 24.2 Å². The van der Waals surface area contributed by atoms with E-state index in [4.69, 9.17) is 5.73 Å². The van der Waals surface area contributed by atoms with Crippen LogP contribution in [0.1, 0.15) is 29.8 Å². The zero-order valence-electron chi connectivity index (χ0n) is 11.5. The molecule has 2 atom stereocenters. The van der Waals surface area contributed by atoms with E-state index in [2.05, 4.69) is 25.7 Å². The Hall–Kier alpha value is -1.79. The van der Waals surface area contributed by atoms with Gasteiger partial charge in [-0.1, -0.05) is 25.7 Å². The second-order valence-corrected chi connectivity index (χ2v) is 5.25. The predicted molar refractivity (Wildman–Crippen MR) is 76.6 cm³/mol. The van der Waals surface area contributed by atoms with E-state index in [9.17, 15) is 4.79 Å². The zero-order chi connectivity index (χ0) is 13.8. The monoisotopic (exact) mass is 256 g/mol. The number of amides is 1. The maximum atomic E-state index is 12.3. The number of rotatable bonds is 1. The summed E-state index contributed by atoms with van der Waals surface area (Å²) in [5.41, 5.74) is 6.96. The number of nitrogens with two attached hydrogens (primary N) is 1. The molecular weight excluding hydrogens is 236 g/mol. The van der Waals surface area contributed by atoms with Crippen molar-refractivity contribution in [1.82, 2.24) is 4.90 Å². The van der Waals surface area contributed by atoms with Crippen LogP contribution in [-0.4, -0.2) is 30.4 Å². The Kier molecular flexibility index (Phi) is 4.24. The van der Waals surface area contributed by atoms with E-state index in [1.54, 1.807) is 0 Å². The van der Waals surface area contributed by atoms with Crippen molar-refractivity contribution >= 4 is 5.91 Å². The maximum Gasteiger partial charge on any atom is 0.253 e. The van der Waals surface area contributed by atoms with E-state index in [1.807, 2.05) is 29.2 Å². The Morgan fingerprint density at radius 2 is 1.84 bits per heavy atom. The van der Waals surface area contributed by atoms with Crippen LogP contribution in [0.25, 0.3) is 0 Å². The lowest BCUT2D eigenvalue weighted by Crippen LogP contribution is -2.28. The predicted octanol–water partition coefficient (Wildman–Crippen LogP) is 1.72. The van der Waals surface area contributed by atoms with Crippen molar-refractivity contribution < 1.29 is 4.79 Å². The molecule has 0 saturated carbocycles. The molecule has 1 aromatic rings. The van der Waals surface area contributed by atoms with Crippen LogP contribution in [0.4, 0.5) is 0 Å². The molecule has 0 aromatic heterocycles. The number of carbonyl (C=O) groups excluding carboxylic acids is 1. The quantitative estimate of drug-likeness (QED) is 0.778. The highest BCUT2D eigenvalue weighted by Gasteiger charge is 2.29. The lowest BCUT2D eigenvalue weighted by Gasteiger charge is -2.16. The first-order valence-electron chi connectivity index (χ1n) is 6.70. The normalized spacial score (nSPS) is 21.9. The van der Waals surface area contributed by atoms with Crippen LogP contribution < -0.4 is 5.73 Å². The van der Waals surface area contributed by atoms with E-state index in [1.165, 1.54) is 0 Å². The highest BCUT2D eigenvalue weighted by atomic mass is 16.2. The van der Waals surface area contributed by atoms with Gasteiger partial charge in [0.2, 0.25) is 0 Å². The standard InChI is InChI=1S/C16H20N2O/c1-12-10-18(11-13(12)2)16(19)15-7-5-14(6-8-15)4-3-9-17/h5-8,12-13H,9-11,17H2,1-2H3. The first kappa shape index (κ1) is 13.6. The van der Waals surface area contributed by atoms with E-state index in [0.29, 0.717) is 18.4 Å². The fourth-order valence-corrected chi connectivity index (χ4v) is 2.33. The molecule has 2 unspecified atom stereocenters. The number of carbonyl (C=O) groups is 1. The second kappa shape index (κ2) is 5.90. The lowest BCUT2D eigenvalue weighted by atomic mass is 10.0. The van der Waals surface area contributed by atoms with Crippen LogP contribution in [0.2, 0.25) is 0 Å². The van der Waals surface area contributed by atoms with Gasteiger partial charge in [-0.15, -0.1) is 0 Å². The molecule has 100 valence electrons. The third-order valence-electron chi connectivity index (χ3n) is 3.74. The van der Waals surface area contributed by atoms with Gasteiger partial charge >= 0.3 is 0 Å². The van der Waals surface area contributed by atoms with E-state index < -0.39 is 0 Å². The Labute approximate surface area is 114 Å². The van der Waals surface area contributed by atoms with Crippen LogP contribution in [-0.2, 0) is 0 Å². The van der Waals surface area contributed by atoms with Crippen molar-refractivity contribution in [3.8, 4) is 11.8 Å². The van der Waals surface area contributed by atoms with Crippen molar-refractivity contribution in [3.05, 3.63) is 35.4 Å². The van der Waals surface area contributed by atoms with Gasteiger partial charge in [0.25, 0.3) is 5.91 Å². The number of likely N-dealkylation sites (tertiary alicyclic amines) is 1. The maximum absolute atomic E-state index is 12.3. The van der Waals surface area contributed by atoms with Crippen molar-refractivity contribution in [3.63, 3.8) is 0 Å². The first-order chi connectivity index (χ1) is 9.11. The molecule has 0 spiro atoms.